The summed E-state index contributed by atoms with van der Waals surface area (Å²) in [5, 5.41) is 13.5. The number of carboxylic acids is 1. The van der Waals surface area contributed by atoms with Crippen molar-refractivity contribution in [1.29, 1.82) is 0 Å². The zero-order valence-corrected chi connectivity index (χ0v) is 19.0. The van der Waals surface area contributed by atoms with E-state index in [1.54, 1.807) is 24.4 Å². The van der Waals surface area contributed by atoms with Gasteiger partial charge in [0.25, 0.3) is 0 Å². The van der Waals surface area contributed by atoms with Gasteiger partial charge >= 0.3 is 5.97 Å². The average molecular weight is 466 g/mol. The number of aromatic nitrogens is 3. The molecule has 1 N–H and O–H groups in total. The SMILES string of the molecule is Cc1noc(C)c1-c1cnc2c(-c3cccc(C(=O)O)c3)cn(CC3CCC(F)(F)CC3)c2c1. The van der Waals surface area contributed by atoms with Crippen molar-refractivity contribution < 1.29 is 23.2 Å². The monoisotopic (exact) mass is 465 g/mol. The van der Waals surface area contributed by atoms with Crippen LogP contribution in [-0.2, 0) is 6.54 Å². The molecule has 8 heteroatoms. The molecule has 0 amide bonds. The number of carboxylic acid groups (broad SMARTS) is 1. The quantitative estimate of drug-likeness (QED) is 0.364. The first-order valence-corrected chi connectivity index (χ1v) is 11.4. The lowest BCUT2D eigenvalue weighted by Crippen LogP contribution is -2.26. The number of pyridine rings is 1. The zero-order chi connectivity index (χ0) is 24.0. The number of hydrogen-bond donors (Lipinski definition) is 1. The van der Waals surface area contributed by atoms with Gasteiger partial charge in [0.15, 0.2) is 0 Å². The van der Waals surface area contributed by atoms with Gasteiger partial charge in [-0.15, -0.1) is 0 Å². The van der Waals surface area contributed by atoms with Crippen molar-refractivity contribution in [3.63, 3.8) is 0 Å². The third kappa shape index (κ3) is 4.08. The molecule has 0 bridgehead atoms. The summed E-state index contributed by atoms with van der Waals surface area (Å²) in [5.41, 5.74) is 5.87. The first-order chi connectivity index (χ1) is 16.2. The Kier molecular flexibility index (Phi) is 5.46. The summed E-state index contributed by atoms with van der Waals surface area (Å²) in [5.74, 6) is -2.74. The molecule has 5 rings (SSSR count). The molecule has 1 saturated carbocycles. The Balaban J connectivity index is 1.62. The molecule has 34 heavy (non-hydrogen) atoms. The second-order valence-electron chi connectivity index (χ2n) is 9.17. The van der Waals surface area contributed by atoms with Crippen molar-refractivity contribution in [3.05, 3.63) is 59.7 Å². The number of aryl methyl sites for hydroxylation is 2. The lowest BCUT2D eigenvalue weighted by atomic mass is 9.87. The van der Waals surface area contributed by atoms with Crippen LogP contribution in [-0.4, -0.2) is 31.7 Å². The van der Waals surface area contributed by atoms with E-state index in [1.807, 2.05) is 32.2 Å². The maximum Gasteiger partial charge on any atom is 0.335 e. The van der Waals surface area contributed by atoms with E-state index >= 15 is 0 Å². The van der Waals surface area contributed by atoms with E-state index < -0.39 is 11.9 Å². The minimum Gasteiger partial charge on any atom is -0.478 e. The van der Waals surface area contributed by atoms with Gasteiger partial charge in [-0.3, -0.25) is 4.98 Å². The lowest BCUT2D eigenvalue weighted by Gasteiger charge is -2.28. The number of fused-ring (bicyclic) bond motifs is 1. The maximum absolute atomic E-state index is 13.7. The smallest absolute Gasteiger partial charge is 0.335 e. The summed E-state index contributed by atoms with van der Waals surface area (Å²) in [6.45, 7) is 4.32. The van der Waals surface area contributed by atoms with Gasteiger partial charge in [0.05, 0.1) is 22.3 Å². The normalized spacial score (nSPS) is 16.2. The Labute approximate surface area is 195 Å². The van der Waals surface area contributed by atoms with Crippen LogP contribution in [0.2, 0.25) is 0 Å². The van der Waals surface area contributed by atoms with Crippen LogP contribution in [0.4, 0.5) is 8.78 Å². The number of rotatable bonds is 5. The molecule has 3 aromatic heterocycles. The molecule has 1 aliphatic rings. The number of benzene rings is 1. The van der Waals surface area contributed by atoms with E-state index in [2.05, 4.69) is 9.72 Å². The Morgan fingerprint density at radius 2 is 1.97 bits per heavy atom. The van der Waals surface area contributed by atoms with Gasteiger partial charge in [0, 0.05) is 48.5 Å². The molecule has 0 atom stereocenters. The second-order valence-corrected chi connectivity index (χ2v) is 9.17. The van der Waals surface area contributed by atoms with Crippen LogP contribution >= 0.6 is 0 Å². The molecule has 1 fully saturated rings. The van der Waals surface area contributed by atoms with Crippen LogP contribution in [0.25, 0.3) is 33.3 Å². The molecule has 0 aliphatic heterocycles. The highest BCUT2D eigenvalue weighted by Gasteiger charge is 2.35. The number of alkyl halides is 2. The van der Waals surface area contributed by atoms with E-state index in [4.69, 9.17) is 9.51 Å². The summed E-state index contributed by atoms with van der Waals surface area (Å²) >= 11 is 0. The molecular weight excluding hydrogens is 440 g/mol. The van der Waals surface area contributed by atoms with Crippen molar-refractivity contribution in [2.45, 2.75) is 52.0 Å². The minimum atomic E-state index is -2.57. The fraction of sp³-hybridized carbons (Fsp3) is 0.346. The molecule has 0 radical (unpaired) electrons. The highest BCUT2D eigenvalue weighted by molar-refractivity contribution is 5.97. The predicted molar refractivity (Wildman–Crippen MR) is 124 cm³/mol. The van der Waals surface area contributed by atoms with Crippen LogP contribution < -0.4 is 0 Å². The average Bonchev–Trinajstić information content (AvgIpc) is 3.34. The minimum absolute atomic E-state index is 0.0903. The van der Waals surface area contributed by atoms with Crippen LogP contribution in [0.1, 0.15) is 47.5 Å². The van der Waals surface area contributed by atoms with E-state index in [0.29, 0.717) is 25.1 Å². The Bertz CT molecular complexity index is 1360. The molecule has 1 aromatic carbocycles. The summed E-state index contributed by atoms with van der Waals surface area (Å²) in [6.07, 6.45) is 4.48. The summed E-state index contributed by atoms with van der Waals surface area (Å²) in [7, 11) is 0. The molecule has 6 nitrogen and oxygen atoms in total. The second kappa shape index (κ2) is 8.34. The van der Waals surface area contributed by atoms with Gasteiger partial charge in [-0.25, -0.2) is 13.6 Å². The third-order valence-corrected chi connectivity index (χ3v) is 6.75. The van der Waals surface area contributed by atoms with Crippen molar-refractivity contribution in [3.8, 4) is 22.3 Å². The van der Waals surface area contributed by atoms with Gasteiger partial charge in [-0.2, -0.15) is 0 Å². The van der Waals surface area contributed by atoms with Crippen LogP contribution in [0, 0.1) is 19.8 Å². The molecule has 1 aliphatic carbocycles. The van der Waals surface area contributed by atoms with Gasteiger partial charge in [0.2, 0.25) is 5.92 Å². The van der Waals surface area contributed by atoms with Crippen molar-refractivity contribution in [2.75, 3.05) is 0 Å². The fourth-order valence-corrected chi connectivity index (χ4v) is 4.94. The van der Waals surface area contributed by atoms with E-state index in [1.165, 1.54) is 0 Å². The number of hydrogen-bond acceptors (Lipinski definition) is 4. The van der Waals surface area contributed by atoms with E-state index in [-0.39, 0.29) is 24.3 Å². The molecule has 0 saturated heterocycles. The summed E-state index contributed by atoms with van der Waals surface area (Å²) < 4.78 is 34.8. The van der Waals surface area contributed by atoms with E-state index in [9.17, 15) is 18.7 Å². The largest absolute Gasteiger partial charge is 0.478 e. The molecular formula is C26H25F2N3O3. The third-order valence-electron chi connectivity index (χ3n) is 6.75. The number of nitrogens with zero attached hydrogens (tertiary/aromatic N) is 3. The van der Waals surface area contributed by atoms with Gasteiger partial charge in [0.1, 0.15) is 5.76 Å². The van der Waals surface area contributed by atoms with Gasteiger partial charge in [-0.05, 0) is 56.4 Å². The molecule has 3 heterocycles. The maximum atomic E-state index is 13.7. The number of aromatic carboxylic acids is 1. The Morgan fingerprint density at radius 3 is 2.65 bits per heavy atom. The zero-order valence-electron chi connectivity index (χ0n) is 19.0. The Hall–Kier alpha value is -3.55. The van der Waals surface area contributed by atoms with Crippen LogP contribution in [0.15, 0.2) is 47.2 Å². The highest BCUT2D eigenvalue weighted by Crippen LogP contribution is 2.39. The predicted octanol–water partition coefficient (Wildman–Crippen LogP) is 6.50. The molecule has 4 aromatic rings. The lowest BCUT2D eigenvalue weighted by molar-refractivity contribution is -0.0472. The highest BCUT2D eigenvalue weighted by atomic mass is 19.3. The Morgan fingerprint density at radius 1 is 1.21 bits per heavy atom. The standard InChI is InChI=1S/C26H25F2N3O3/c1-15-23(16(2)34-30-15)20-11-22-24(29-12-20)21(18-4-3-5-19(10-18)25(32)33)14-31(22)13-17-6-8-26(27,28)9-7-17/h3-5,10-12,14,17H,6-9,13H2,1-2H3,(H,32,33). The van der Waals surface area contributed by atoms with Gasteiger partial charge < -0.3 is 14.2 Å². The van der Waals surface area contributed by atoms with Gasteiger partial charge in [-0.1, -0.05) is 17.3 Å². The number of halogens is 2. The number of carbonyl (C=O) groups is 1. The van der Waals surface area contributed by atoms with Crippen molar-refractivity contribution in [2.24, 2.45) is 5.92 Å². The van der Waals surface area contributed by atoms with E-state index in [0.717, 1.165) is 39.0 Å². The fourth-order valence-electron chi connectivity index (χ4n) is 4.94. The van der Waals surface area contributed by atoms with Crippen molar-refractivity contribution >= 4 is 17.0 Å². The first kappa shape index (κ1) is 22.3. The summed E-state index contributed by atoms with van der Waals surface area (Å²) in [6, 6.07) is 8.78. The van der Waals surface area contributed by atoms with Crippen LogP contribution in [0.5, 0.6) is 0 Å². The molecule has 0 unspecified atom stereocenters. The van der Waals surface area contributed by atoms with Crippen LogP contribution in [0.3, 0.4) is 0 Å². The van der Waals surface area contributed by atoms with Crippen molar-refractivity contribution in [1.82, 2.24) is 14.7 Å². The topological polar surface area (TPSA) is 81.2 Å². The summed E-state index contributed by atoms with van der Waals surface area (Å²) in [4.78, 5) is 16.3. The molecule has 176 valence electrons. The molecule has 0 spiro atoms. The first-order valence-electron chi connectivity index (χ1n) is 11.4.